The predicted molar refractivity (Wildman–Crippen MR) is 34.9 cm³/mol. The molecule has 9 heavy (non-hydrogen) atoms. The Morgan fingerprint density at radius 2 is 2.44 bits per heavy atom. The molecule has 3 heteroatoms. The van der Waals surface area contributed by atoms with Crippen LogP contribution in [-0.4, -0.2) is 24.2 Å². The van der Waals surface area contributed by atoms with E-state index in [0.29, 0.717) is 12.8 Å². The molecule has 52 valence electrons. The molecule has 1 amide bonds. The second-order valence-corrected chi connectivity index (χ2v) is 1.69. The number of carbonyl (C=O) groups is 1. The molecule has 0 rings (SSSR count). The topological polar surface area (TPSA) is 49.3 Å². The number of hydrogen-bond donors (Lipinski definition) is 2. The minimum Gasteiger partial charge on any atom is -0.394 e. The van der Waals surface area contributed by atoms with Gasteiger partial charge in [0.15, 0.2) is 0 Å². The molecule has 0 aliphatic heterocycles. The molecule has 0 heterocycles. The van der Waals surface area contributed by atoms with E-state index in [0.717, 1.165) is 0 Å². The second kappa shape index (κ2) is 5.31. The van der Waals surface area contributed by atoms with Gasteiger partial charge in [-0.25, -0.2) is 0 Å². The minimum absolute atomic E-state index is 0.0369. The van der Waals surface area contributed by atoms with E-state index in [2.05, 4.69) is 11.9 Å². The maximum absolute atomic E-state index is 9.79. The lowest BCUT2D eigenvalue weighted by Crippen LogP contribution is -2.30. The van der Waals surface area contributed by atoms with Crippen molar-refractivity contribution in [1.82, 2.24) is 5.32 Å². The van der Waals surface area contributed by atoms with Gasteiger partial charge in [-0.05, 0) is 6.42 Å². The van der Waals surface area contributed by atoms with Gasteiger partial charge < -0.3 is 10.4 Å². The van der Waals surface area contributed by atoms with E-state index in [-0.39, 0.29) is 12.6 Å². The van der Waals surface area contributed by atoms with Crippen LogP contribution in [0.25, 0.3) is 0 Å². The van der Waals surface area contributed by atoms with Crippen molar-refractivity contribution in [3.63, 3.8) is 0 Å². The Kier molecular flexibility index (Phi) is 4.82. The van der Waals surface area contributed by atoms with Crippen LogP contribution < -0.4 is 5.32 Å². The average Bonchev–Trinajstić information content (AvgIpc) is 1.88. The molecule has 1 unspecified atom stereocenters. The Bertz CT molecular complexity index is 83.1. The van der Waals surface area contributed by atoms with Crippen molar-refractivity contribution in [3.8, 4) is 0 Å². The summed E-state index contributed by atoms with van der Waals surface area (Å²) in [4.78, 5) is 9.79. The fraction of sp³-hybridized carbons (Fsp3) is 0.500. The Morgan fingerprint density at radius 1 is 1.78 bits per heavy atom. The Morgan fingerprint density at radius 3 is 2.78 bits per heavy atom. The first kappa shape index (κ1) is 8.17. The minimum atomic E-state index is -0.167. The van der Waals surface area contributed by atoms with Crippen molar-refractivity contribution < 1.29 is 9.90 Å². The Labute approximate surface area is 54.4 Å². The van der Waals surface area contributed by atoms with Crippen LogP contribution in [-0.2, 0) is 4.79 Å². The summed E-state index contributed by atoms with van der Waals surface area (Å²) < 4.78 is 0. The molecule has 0 spiro atoms. The first-order valence-electron chi connectivity index (χ1n) is 2.76. The smallest absolute Gasteiger partial charge is 0.207 e. The highest BCUT2D eigenvalue weighted by Crippen LogP contribution is 1.88. The van der Waals surface area contributed by atoms with Crippen LogP contribution in [0.2, 0.25) is 0 Å². The van der Waals surface area contributed by atoms with Gasteiger partial charge in [0.1, 0.15) is 0 Å². The summed E-state index contributed by atoms with van der Waals surface area (Å²) in [5, 5.41) is 11.0. The van der Waals surface area contributed by atoms with Gasteiger partial charge in [-0.3, -0.25) is 4.79 Å². The molecule has 0 aromatic rings. The lowest BCUT2D eigenvalue weighted by atomic mass is 10.2. The number of hydrogen-bond acceptors (Lipinski definition) is 2. The highest BCUT2D eigenvalue weighted by Gasteiger charge is 1.99. The van der Waals surface area contributed by atoms with E-state index >= 15 is 0 Å². The first-order valence-corrected chi connectivity index (χ1v) is 2.76. The van der Waals surface area contributed by atoms with Crippen LogP contribution in [0, 0.1) is 0 Å². The summed E-state index contributed by atoms with van der Waals surface area (Å²) in [6.45, 7) is 3.43. The average molecular weight is 129 g/mol. The van der Waals surface area contributed by atoms with Gasteiger partial charge in [0.2, 0.25) is 6.41 Å². The fourth-order valence-electron chi connectivity index (χ4n) is 0.493. The number of amides is 1. The van der Waals surface area contributed by atoms with E-state index in [9.17, 15) is 4.79 Å². The summed E-state index contributed by atoms with van der Waals surface area (Å²) in [5.74, 6) is 0. The zero-order valence-electron chi connectivity index (χ0n) is 5.21. The van der Waals surface area contributed by atoms with Gasteiger partial charge in [-0.15, -0.1) is 6.58 Å². The van der Waals surface area contributed by atoms with Gasteiger partial charge in [-0.1, -0.05) is 6.08 Å². The largest absolute Gasteiger partial charge is 0.394 e. The van der Waals surface area contributed by atoms with Gasteiger partial charge in [0.25, 0.3) is 0 Å². The van der Waals surface area contributed by atoms with Crippen LogP contribution in [0.5, 0.6) is 0 Å². The van der Waals surface area contributed by atoms with Crippen LogP contribution in [0.4, 0.5) is 0 Å². The van der Waals surface area contributed by atoms with Crippen molar-refractivity contribution >= 4 is 6.41 Å². The van der Waals surface area contributed by atoms with Crippen LogP contribution >= 0.6 is 0 Å². The standard InChI is InChI=1S/C6H11NO2/c1-2-3-6(4-8)7-5-9/h2,5-6,8H,1,3-4H2,(H,7,9). The van der Waals surface area contributed by atoms with Crippen molar-refractivity contribution in [2.24, 2.45) is 0 Å². The summed E-state index contributed by atoms with van der Waals surface area (Å²) in [6, 6.07) is -0.167. The third kappa shape index (κ3) is 3.73. The molecule has 0 saturated carbocycles. The summed E-state index contributed by atoms with van der Waals surface area (Å²) >= 11 is 0. The predicted octanol–water partition coefficient (Wildman–Crippen LogP) is -0.331. The number of nitrogens with one attached hydrogen (secondary N) is 1. The Balaban J connectivity index is 3.39. The van der Waals surface area contributed by atoms with Crippen LogP contribution in [0.3, 0.4) is 0 Å². The molecule has 3 nitrogen and oxygen atoms in total. The molecule has 0 radical (unpaired) electrons. The molecule has 0 aromatic carbocycles. The quantitative estimate of drug-likeness (QED) is 0.394. The fourth-order valence-corrected chi connectivity index (χ4v) is 0.493. The maximum atomic E-state index is 9.79. The number of rotatable bonds is 5. The van der Waals surface area contributed by atoms with Crippen LogP contribution in [0.1, 0.15) is 6.42 Å². The van der Waals surface area contributed by atoms with Crippen molar-refractivity contribution in [2.75, 3.05) is 6.61 Å². The lowest BCUT2D eigenvalue weighted by Gasteiger charge is -2.08. The molecule has 1 atom stereocenters. The third-order valence-corrected chi connectivity index (χ3v) is 0.975. The van der Waals surface area contributed by atoms with E-state index in [1.807, 2.05) is 0 Å². The molecule has 2 N–H and O–H groups in total. The maximum Gasteiger partial charge on any atom is 0.207 e. The van der Waals surface area contributed by atoms with E-state index in [1.54, 1.807) is 6.08 Å². The van der Waals surface area contributed by atoms with Crippen LogP contribution in [0.15, 0.2) is 12.7 Å². The highest BCUT2D eigenvalue weighted by atomic mass is 16.3. The monoisotopic (exact) mass is 129 g/mol. The zero-order chi connectivity index (χ0) is 7.11. The number of aliphatic hydroxyl groups excluding tert-OH is 1. The Hall–Kier alpha value is -0.830. The molecular formula is C6H11NO2. The van der Waals surface area contributed by atoms with E-state index in [1.165, 1.54) is 0 Å². The molecule has 0 fully saturated rings. The second-order valence-electron chi connectivity index (χ2n) is 1.69. The van der Waals surface area contributed by atoms with Gasteiger partial charge in [0, 0.05) is 0 Å². The molecule has 0 saturated heterocycles. The number of carbonyl (C=O) groups excluding carboxylic acids is 1. The number of aliphatic hydroxyl groups is 1. The summed E-state index contributed by atoms with van der Waals surface area (Å²) in [6.07, 6.45) is 2.83. The highest BCUT2D eigenvalue weighted by molar-refractivity contribution is 5.46. The van der Waals surface area contributed by atoms with Gasteiger partial charge in [-0.2, -0.15) is 0 Å². The van der Waals surface area contributed by atoms with E-state index < -0.39 is 0 Å². The van der Waals surface area contributed by atoms with Crippen molar-refractivity contribution in [3.05, 3.63) is 12.7 Å². The first-order chi connectivity index (χ1) is 4.35. The van der Waals surface area contributed by atoms with Gasteiger partial charge in [0.05, 0.1) is 12.6 Å². The van der Waals surface area contributed by atoms with Crippen molar-refractivity contribution in [1.29, 1.82) is 0 Å². The molecule has 0 bridgehead atoms. The molecule has 0 aromatic heterocycles. The molecule has 0 aliphatic carbocycles. The third-order valence-electron chi connectivity index (χ3n) is 0.975. The van der Waals surface area contributed by atoms with Crippen molar-refractivity contribution in [2.45, 2.75) is 12.5 Å². The molecule has 0 aliphatic rings. The summed E-state index contributed by atoms with van der Waals surface area (Å²) in [7, 11) is 0. The SMILES string of the molecule is C=CCC(CO)NC=O. The lowest BCUT2D eigenvalue weighted by molar-refractivity contribution is -0.110. The van der Waals surface area contributed by atoms with E-state index in [4.69, 9.17) is 5.11 Å². The normalized spacial score (nSPS) is 12.1. The summed E-state index contributed by atoms with van der Waals surface area (Å²) in [5.41, 5.74) is 0. The van der Waals surface area contributed by atoms with Gasteiger partial charge >= 0.3 is 0 Å². The molecular weight excluding hydrogens is 118 g/mol. The zero-order valence-corrected chi connectivity index (χ0v) is 5.21.